The molecule has 1 fully saturated rings. The van der Waals surface area contributed by atoms with Gasteiger partial charge in [0.05, 0.1) is 0 Å². The van der Waals surface area contributed by atoms with Gasteiger partial charge in [-0.05, 0) is 5.56 Å². The molecule has 0 saturated carbocycles. The molecule has 92 valence electrons. The number of hydrogen-bond donors (Lipinski definition) is 1. The summed E-state index contributed by atoms with van der Waals surface area (Å²) >= 11 is 0. The highest BCUT2D eigenvalue weighted by Crippen LogP contribution is 2.22. The molecule has 1 aliphatic heterocycles. The molecule has 2 rings (SSSR count). The summed E-state index contributed by atoms with van der Waals surface area (Å²) < 4.78 is 11.3. The standard InChI is InChI=1S/C12H15NO3S/c14-12(15)11(10-4-2-1-3-5-10)13-6-8-17(16)9-7-13/h1-5,11H,6-9H2,(H,14,15). The van der Waals surface area contributed by atoms with Gasteiger partial charge < -0.3 is 5.11 Å². The number of nitrogens with zero attached hydrogens (tertiary/aromatic N) is 1. The zero-order chi connectivity index (χ0) is 12.3. The molecule has 1 aliphatic rings. The Hall–Kier alpha value is -1.20. The molecular weight excluding hydrogens is 238 g/mol. The van der Waals surface area contributed by atoms with Gasteiger partial charge in [0, 0.05) is 35.4 Å². The predicted octanol–water partition coefficient (Wildman–Crippen LogP) is 0.877. The Kier molecular flexibility index (Phi) is 3.91. The molecule has 4 nitrogen and oxygen atoms in total. The summed E-state index contributed by atoms with van der Waals surface area (Å²) in [6, 6.07) is 8.58. The highest BCUT2D eigenvalue weighted by molar-refractivity contribution is 7.85. The van der Waals surface area contributed by atoms with Gasteiger partial charge in [-0.25, -0.2) is 0 Å². The van der Waals surface area contributed by atoms with E-state index in [9.17, 15) is 14.1 Å². The van der Waals surface area contributed by atoms with Gasteiger partial charge in [0.2, 0.25) is 0 Å². The van der Waals surface area contributed by atoms with Crippen molar-refractivity contribution in [2.75, 3.05) is 24.6 Å². The molecule has 1 heterocycles. The molecule has 1 atom stereocenters. The van der Waals surface area contributed by atoms with Crippen LogP contribution in [-0.4, -0.2) is 44.8 Å². The second kappa shape index (κ2) is 5.42. The van der Waals surface area contributed by atoms with Crippen LogP contribution >= 0.6 is 0 Å². The van der Waals surface area contributed by atoms with E-state index in [4.69, 9.17) is 0 Å². The fraction of sp³-hybridized carbons (Fsp3) is 0.417. The first-order valence-electron chi connectivity index (χ1n) is 5.55. The molecule has 1 saturated heterocycles. The van der Waals surface area contributed by atoms with Crippen molar-refractivity contribution < 1.29 is 14.1 Å². The van der Waals surface area contributed by atoms with Gasteiger partial charge in [0.25, 0.3) is 0 Å². The van der Waals surface area contributed by atoms with Crippen LogP contribution in [0.5, 0.6) is 0 Å². The second-order valence-electron chi connectivity index (χ2n) is 4.04. The van der Waals surface area contributed by atoms with Crippen molar-refractivity contribution in [2.24, 2.45) is 0 Å². The molecule has 0 spiro atoms. The number of aliphatic carboxylic acids is 1. The summed E-state index contributed by atoms with van der Waals surface area (Å²) in [6.45, 7) is 1.16. The van der Waals surface area contributed by atoms with Crippen LogP contribution < -0.4 is 0 Å². The summed E-state index contributed by atoms with van der Waals surface area (Å²) in [5.41, 5.74) is 0.785. The number of hydrogen-bond acceptors (Lipinski definition) is 3. The lowest BCUT2D eigenvalue weighted by Gasteiger charge is -2.31. The first-order valence-corrected chi connectivity index (χ1v) is 7.04. The number of rotatable bonds is 3. The maximum atomic E-state index is 11.4. The zero-order valence-electron chi connectivity index (χ0n) is 9.41. The van der Waals surface area contributed by atoms with Crippen LogP contribution in [0.2, 0.25) is 0 Å². The molecule has 0 aliphatic carbocycles. The fourth-order valence-electron chi connectivity index (χ4n) is 2.06. The highest BCUT2D eigenvalue weighted by Gasteiger charge is 2.29. The van der Waals surface area contributed by atoms with Crippen molar-refractivity contribution in [3.05, 3.63) is 35.9 Å². The average molecular weight is 253 g/mol. The topological polar surface area (TPSA) is 57.6 Å². The van der Waals surface area contributed by atoms with Gasteiger partial charge in [-0.3, -0.25) is 13.9 Å². The zero-order valence-corrected chi connectivity index (χ0v) is 10.2. The predicted molar refractivity (Wildman–Crippen MR) is 66.3 cm³/mol. The molecular formula is C12H15NO3S. The van der Waals surface area contributed by atoms with E-state index in [2.05, 4.69) is 0 Å². The van der Waals surface area contributed by atoms with Crippen molar-refractivity contribution in [3.8, 4) is 0 Å². The van der Waals surface area contributed by atoms with Crippen molar-refractivity contribution >= 4 is 16.8 Å². The summed E-state index contributed by atoms with van der Waals surface area (Å²) in [4.78, 5) is 13.3. The van der Waals surface area contributed by atoms with E-state index in [0.717, 1.165) is 5.56 Å². The minimum Gasteiger partial charge on any atom is -0.480 e. The smallest absolute Gasteiger partial charge is 0.325 e. The van der Waals surface area contributed by atoms with Gasteiger partial charge in [-0.1, -0.05) is 30.3 Å². The molecule has 1 aromatic carbocycles. The fourth-order valence-corrected chi connectivity index (χ4v) is 3.14. The third kappa shape index (κ3) is 2.92. The van der Waals surface area contributed by atoms with Crippen molar-refractivity contribution in [1.82, 2.24) is 4.90 Å². The Morgan fingerprint density at radius 2 is 1.82 bits per heavy atom. The van der Waals surface area contributed by atoms with Crippen LogP contribution in [0.4, 0.5) is 0 Å². The molecule has 5 heteroatoms. The molecule has 17 heavy (non-hydrogen) atoms. The number of benzene rings is 1. The summed E-state index contributed by atoms with van der Waals surface area (Å²) in [5, 5.41) is 9.33. The monoisotopic (exact) mass is 253 g/mol. The first-order chi connectivity index (χ1) is 8.18. The first kappa shape index (κ1) is 12.3. The van der Waals surface area contributed by atoms with Crippen LogP contribution in [0.15, 0.2) is 30.3 Å². The largest absolute Gasteiger partial charge is 0.480 e. The van der Waals surface area contributed by atoms with E-state index in [1.807, 2.05) is 35.2 Å². The molecule has 0 amide bonds. The summed E-state index contributed by atoms with van der Waals surface area (Å²) in [5.74, 6) is 0.289. The second-order valence-corrected chi connectivity index (χ2v) is 5.73. The number of carboxylic acids is 1. The van der Waals surface area contributed by atoms with E-state index >= 15 is 0 Å². The molecule has 1 N–H and O–H groups in total. The minimum absolute atomic E-state index is 0.566. The molecule has 0 bridgehead atoms. The van der Waals surface area contributed by atoms with Crippen LogP contribution in [0.3, 0.4) is 0 Å². The van der Waals surface area contributed by atoms with Gasteiger partial charge in [-0.2, -0.15) is 0 Å². The lowest BCUT2D eigenvalue weighted by atomic mass is 10.1. The Morgan fingerprint density at radius 3 is 2.35 bits per heavy atom. The van der Waals surface area contributed by atoms with Crippen molar-refractivity contribution in [3.63, 3.8) is 0 Å². The Bertz CT molecular complexity index is 411. The van der Waals surface area contributed by atoms with Crippen LogP contribution in [0.1, 0.15) is 11.6 Å². The third-order valence-corrected chi connectivity index (χ3v) is 4.20. The van der Waals surface area contributed by atoms with E-state index in [0.29, 0.717) is 24.6 Å². The lowest BCUT2D eigenvalue weighted by Crippen LogP contribution is -2.43. The van der Waals surface area contributed by atoms with Crippen LogP contribution in [0.25, 0.3) is 0 Å². The van der Waals surface area contributed by atoms with Gasteiger partial charge >= 0.3 is 5.97 Å². The molecule has 1 unspecified atom stereocenters. The molecule has 0 aromatic heterocycles. The Labute approximate surface area is 103 Å². The van der Waals surface area contributed by atoms with E-state index in [1.54, 1.807) is 0 Å². The maximum absolute atomic E-state index is 11.4. The lowest BCUT2D eigenvalue weighted by molar-refractivity contribution is -0.143. The number of carbonyl (C=O) groups is 1. The Balaban J connectivity index is 2.18. The van der Waals surface area contributed by atoms with E-state index in [1.165, 1.54) is 0 Å². The van der Waals surface area contributed by atoms with Crippen molar-refractivity contribution in [2.45, 2.75) is 6.04 Å². The maximum Gasteiger partial charge on any atom is 0.325 e. The van der Waals surface area contributed by atoms with Crippen LogP contribution in [-0.2, 0) is 15.6 Å². The van der Waals surface area contributed by atoms with Gasteiger partial charge in [-0.15, -0.1) is 0 Å². The van der Waals surface area contributed by atoms with Crippen LogP contribution in [0, 0.1) is 0 Å². The van der Waals surface area contributed by atoms with E-state index in [-0.39, 0.29) is 0 Å². The SMILES string of the molecule is O=C(O)C(c1ccccc1)N1CCS(=O)CC1. The van der Waals surface area contributed by atoms with E-state index < -0.39 is 22.8 Å². The van der Waals surface area contributed by atoms with Gasteiger partial charge in [0.1, 0.15) is 6.04 Å². The molecule has 0 radical (unpaired) electrons. The minimum atomic E-state index is -0.844. The third-order valence-electron chi connectivity index (χ3n) is 2.93. The highest BCUT2D eigenvalue weighted by atomic mass is 32.2. The quantitative estimate of drug-likeness (QED) is 0.868. The Morgan fingerprint density at radius 1 is 1.24 bits per heavy atom. The van der Waals surface area contributed by atoms with Gasteiger partial charge in [0.15, 0.2) is 0 Å². The van der Waals surface area contributed by atoms with Crippen molar-refractivity contribution in [1.29, 1.82) is 0 Å². The summed E-state index contributed by atoms with van der Waals surface area (Å²) in [7, 11) is -0.782. The molecule has 1 aromatic rings. The average Bonchev–Trinajstić information content (AvgIpc) is 2.33. The summed E-state index contributed by atoms with van der Waals surface area (Å²) in [6.07, 6.45) is 0. The normalized spacial score (nSPS) is 20.0. The number of carboxylic acid groups (broad SMARTS) is 1.